The third-order valence-electron chi connectivity index (χ3n) is 5.24. The van der Waals surface area contributed by atoms with Gasteiger partial charge in [0.1, 0.15) is 6.04 Å². The van der Waals surface area contributed by atoms with E-state index in [-0.39, 0.29) is 23.1 Å². The van der Waals surface area contributed by atoms with Gasteiger partial charge in [-0.1, -0.05) is 6.42 Å². The minimum absolute atomic E-state index is 0.220. The van der Waals surface area contributed by atoms with Crippen LogP contribution >= 0.6 is 0 Å². The molecule has 2 amide bonds. The average molecular weight is 410 g/mol. The van der Waals surface area contributed by atoms with Gasteiger partial charge in [0.25, 0.3) is 0 Å². The Bertz CT molecular complexity index is 849. The van der Waals surface area contributed by atoms with Crippen LogP contribution in [0.3, 0.4) is 0 Å². The molecule has 1 N–H and O–H groups in total. The van der Waals surface area contributed by atoms with Gasteiger partial charge in [0.2, 0.25) is 21.8 Å². The number of amides is 2. The molecule has 0 unspecified atom stereocenters. The highest BCUT2D eigenvalue weighted by molar-refractivity contribution is 7.89. The summed E-state index contributed by atoms with van der Waals surface area (Å²) in [7, 11) is -2.02. The van der Waals surface area contributed by atoms with Gasteiger partial charge in [0, 0.05) is 45.8 Å². The van der Waals surface area contributed by atoms with E-state index in [1.165, 1.54) is 22.2 Å². The first kappa shape index (κ1) is 20.8. The highest BCUT2D eigenvalue weighted by Gasteiger charge is 2.38. The molecule has 1 fully saturated rings. The predicted octanol–water partition coefficient (Wildman–Crippen LogP) is 0.901. The molecule has 2 aliphatic rings. The molecular formula is C19H27N3O5S. The van der Waals surface area contributed by atoms with E-state index in [2.05, 4.69) is 5.32 Å². The van der Waals surface area contributed by atoms with Gasteiger partial charge in [-0.25, -0.2) is 8.42 Å². The van der Waals surface area contributed by atoms with Crippen molar-refractivity contribution in [2.45, 2.75) is 43.5 Å². The average Bonchev–Trinajstić information content (AvgIpc) is 3.08. The Balaban J connectivity index is 1.86. The number of sulfonamides is 1. The van der Waals surface area contributed by atoms with Crippen LogP contribution in [-0.2, 0) is 30.8 Å². The molecule has 0 spiro atoms. The molecule has 1 aromatic carbocycles. The number of fused-ring (bicyclic) bond motifs is 1. The first-order valence-corrected chi connectivity index (χ1v) is 11.0. The Morgan fingerprint density at radius 3 is 2.57 bits per heavy atom. The van der Waals surface area contributed by atoms with Gasteiger partial charge in [-0.3, -0.25) is 14.5 Å². The summed E-state index contributed by atoms with van der Waals surface area (Å²) in [5.74, 6) is -0.527. The lowest BCUT2D eigenvalue weighted by atomic mass is 10.1. The molecule has 1 saturated heterocycles. The standard InChI is InChI=1S/C19H27N3O5S/c1-14(23)22-17-7-6-16(28(25,26)21-9-4-3-5-10-21)12-15(17)13-18(22)19(24)20-8-11-27-2/h6-7,12,18H,3-5,8-11,13H2,1-2H3,(H,20,24)/t18-/m0/s1. The van der Waals surface area contributed by atoms with E-state index in [4.69, 9.17) is 4.74 Å². The molecule has 9 heteroatoms. The Labute approximate surface area is 165 Å². The summed E-state index contributed by atoms with van der Waals surface area (Å²) in [6, 6.07) is 4.09. The largest absolute Gasteiger partial charge is 0.383 e. The van der Waals surface area contributed by atoms with E-state index in [9.17, 15) is 18.0 Å². The number of piperidine rings is 1. The number of rotatable bonds is 6. The van der Waals surface area contributed by atoms with Gasteiger partial charge < -0.3 is 10.1 Å². The van der Waals surface area contributed by atoms with Crippen LogP contribution in [0, 0.1) is 0 Å². The summed E-state index contributed by atoms with van der Waals surface area (Å²) in [6.07, 6.45) is 3.07. The number of benzene rings is 1. The van der Waals surface area contributed by atoms with Gasteiger partial charge in [-0.05, 0) is 36.6 Å². The number of nitrogens with one attached hydrogen (secondary N) is 1. The second-order valence-corrected chi connectivity index (χ2v) is 9.09. The minimum atomic E-state index is -3.56. The molecule has 0 radical (unpaired) electrons. The quantitative estimate of drug-likeness (QED) is 0.705. The van der Waals surface area contributed by atoms with Gasteiger partial charge in [-0.2, -0.15) is 4.31 Å². The van der Waals surface area contributed by atoms with Crippen LogP contribution in [0.1, 0.15) is 31.7 Å². The van der Waals surface area contributed by atoms with Crippen molar-refractivity contribution < 1.29 is 22.7 Å². The summed E-state index contributed by atoms with van der Waals surface area (Å²) in [4.78, 5) is 26.4. The molecule has 3 rings (SSSR count). The molecule has 2 aliphatic heterocycles. The Kier molecular flexibility index (Phi) is 6.36. The number of ether oxygens (including phenoxy) is 1. The fraction of sp³-hybridized carbons (Fsp3) is 0.579. The number of nitrogens with zero attached hydrogens (tertiary/aromatic N) is 2. The van der Waals surface area contributed by atoms with Crippen molar-refractivity contribution in [2.75, 3.05) is 38.3 Å². The summed E-state index contributed by atoms with van der Waals surface area (Å²) < 4.78 is 32.3. The molecule has 2 heterocycles. The third-order valence-corrected chi connectivity index (χ3v) is 7.13. The van der Waals surface area contributed by atoms with Crippen LogP contribution in [0.5, 0.6) is 0 Å². The van der Waals surface area contributed by atoms with Crippen molar-refractivity contribution in [1.82, 2.24) is 9.62 Å². The summed E-state index contributed by atoms with van der Waals surface area (Å²) in [5, 5.41) is 2.76. The molecule has 8 nitrogen and oxygen atoms in total. The minimum Gasteiger partial charge on any atom is -0.383 e. The summed E-state index contributed by atoms with van der Waals surface area (Å²) in [5.41, 5.74) is 1.29. The Morgan fingerprint density at radius 1 is 1.21 bits per heavy atom. The zero-order chi connectivity index (χ0) is 20.3. The second-order valence-electron chi connectivity index (χ2n) is 7.15. The van der Waals surface area contributed by atoms with Gasteiger partial charge in [0.05, 0.1) is 11.5 Å². The van der Waals surface area contributed by atoms with Crippen LogP contribution in [0.4, 0.5) is 5.69 Å². The van der Waals surface area contributed by atoms with Crippen molar-refractivity contribution in [3.63, 3.8) is 0 Å². The fourth-order valence-corrected chi connectivity index (χ4v) is 5.40. The van der Waals surface area contributed by atoms with E-state index in [1.54, 1.807) is 19.2 Å². The van der Waals surface area contributed by atoms with Crippen LogP contribution in [0.15, 0.2) is 23.1 Å². The predicted molar refractivity (Wildman–Crippen MR) is 105 cm³/mol. The number of carbonyl (C=O) groups is 2. The normalized spacial score (nSPS) is 20.1. The molecular weight excluding hydrogens is 382 g/mol. The van der Waals surface area contributed by atoms with Crippen molar-refractivity contribution >= 4 is 27.5 Å². The fourth-order valence-electron chi connectivity index (χ4n) is 3.84. The Hall–Kier alpha value is -1.97. The van der Waals surface area contributed by atoms with E-state index in [0.717, 1.165) is 19.3 Å². The van der Waals surface area contributed by atoms with E-state index in [0.29, 0.717) is 37.5 Å². The van der Waals surface area contributed by atoms with Crippen LogP contribution in [0.25, 0.3) is 0 Å². The molecule has 1 atom stereocenters. The highest BCUT2D eigenvalue weighted by Crippen LogP contribution is 2.35. The van der Waals surface area contributed by atoms with Gasteiger partial charge in [0.15, 0.2) is 0 Å². The monoisotopic (exact) mass is 409 g/mol. The summed E-state index contributed by atoms with van der Waals surface area (Å²) in [6.45, 7) is 3.20. The smallest absolute Gasteiger partial charge is 0.243 e. The first-order chi connectivity index (χ1) is 13.4. The zero-order valence-electron chi connectivity index (χ0n) is 16.3. The SMILES string of the molecule is COCCNC(=O)[C@@H]1Cc2cc(S(=O)(=O)N3CCCCC3)ccc2N1C(C)=O. The molecule has 0 saturated carbocycles. The Morgan fingerprint density at radius 2 is 1.93 bits per heavy atom. The van der Waals surface area contributed by atoms with Crippen molar-refractivity contribution in [3.05, 3.63) is 23.8 Å². The van der Waals surface area contributed by atoms with Crippen molar-refractivity contribution in [1.29, 1.82) is 0 Å². The van der Waals surface area contributed by atoms with Gasteiger partial charge in [-0.15, -0.1) is 0 Å². The lowest BCUT2D eigenvalue weighted by Crippen LogP contribution is -2.48. The molecule has 0 bridgehead atoms. The molecule has 0 aliphatic carbocycles. The van der Waals surface area contributed by atoms with E-state index >= 15 is 0 Å². The maximum absolute atomic E-state index is 12.9. The topological polar surface area (TPSA) is 96.0 Å². The van der Waals surface area contributed by atoms with E-state index < -0.39 is 16.1 Å². The molecule has 154 valence electrons. The molecule has 1 aromatic rings. The molecule has 0 aromatic heterocycles. The number of methoxy groups -OCH3 is 1. The van der Waals surface area contributed by atoms with Crippen molar-refractivity contribution in [3.8, 4) is 0 Å². The van der Waals surface area contributed by atoms with Crippen molar-refractivity contribution in [2.24, 2.45) is 0 Å². The van der Waals surface area contributed by atoms with Gasteiger partial charge >= 0.3 is 0 Å². The number of carbonyl (C=O) groups excluding carboxylic acids is 2. The maximum Gasteiger partial charge on any atom is 0.243 e. The lowest BCUT2D eigenvalue weighted by molar-refractivity contribution is -0.125. The molecule has 28 heavy (non-hydrogen) atoms. The number of hydrogen-bond acceptors (Lipinski definition) is 5. The lowest BCUT2D eigenvalue weighted by Gasteiger charge is -2.26. The van der Waals surface area contributed by atoms with Crippen LogP contribution in [-0.4, -0.2) is 63.9 Å². The second kappa shape index (κ2) is 8.59. The van der Waals surface area contributed by atoms with Crippen LogP contribution in [0.2, 0.25) is 0 Å². The highest BCUT2D eigenvalue weighted by atomic mass is 32.2. The first-order valence-electron chi connectivity index (χ1n) is 9.56. The number of anilines is 1. The third kappa shape index (κ3) is 4.06. The maximum atomic E-state index is 12.9. The van der Waals surface area contributed by atoms with Crippen LogP contribution < -0.4 is 10.2 Å². The van der Waals surface area contributed by atoms with E-state index in [1.807, 2.05) is 0 Å². The zero-order valence-corrected chi connectivity index (χ0v) is 17.1. The summed E-state index contributed by atoms with van der Waals surface area (Å²) >= 11 is 0. The number of hydrogen-bond donors (Lipinski definition) is 1.